The summed E-state index contributed by atoms with van der Waals surface area (Å²) in [5.41, 5.74) is 1.36. The highest BCUT2D eigenvalue weighted by atomic mass is 79.9. The first kappa shape index (κ1) is 13.7. The highest BCUT2D eigenvalue weighted by Gasteiger charge is 2.14. The summed E-state index contributed by atoms with van der Waals surface area (Å²) in [7, 11) is 0. The number of rotatable bonds is 3. The van der Waals surface area contributed by atoms with Crippen LogP contribution in [0.5, 0.6) is 0 Å². The Balaban J connectivity index is 2.13. The van der Waals surface area contributed by atoms with Crippen LogP contribution in [0.3, 0.4) is 0 Å². The molecule has 2 rings (SSSR count). The topological polar surface area (TPSA) is 42.0 Å². The van der Waals surface area contributed by atoms with Gasteiger partial charge in [0.2, 0.25) is 0 Å². The van der Waals surface area contributed by atoms with Crippen LogP contribution in [-0.4, -0.2) is 10.9 Å². The number of amides is 1. The average molecular weight is 323 g/mol. The molecule has 1 aromatic carbocycles. The number of halogens is 2. The second-order valence-corrected chi connectivity index (χ2v) is 4.95. The van der Waals surface area contributed by atoms with Crippen molar-refractivity contribution in [2.45, 2.75) is 13.0 Å². The summed E-state index contributed by atoms with van der Waals surface area (Å²) < 4.78 is 13.4. The molecule has 5 heteroatoms. The van der Waals surface area contributed by atoms with Gasteiger partial charge in [0, 0.05) is 16.9 Å². The predicted molar refractivity (Wildman–Crippen MR) is 74.2 cm³/mol. The Labute approximate surface area is 119 Å². The van der Waals surface area contributed by atoms with Crippen molar-refractivity contribution in [2.24, 2.45) is 0 Å². The van der Waals surface area contributed by atoms with E-state index in [1.807, 2.05) is 19.1 Å². The lowest BCUT2D eigenvalue weighted by atomic mass is 10.1. The Morgan fingerprint density at radius 1 is 1.32 bits per heavy atom. The quantitative estimate of drug-likeness (QED) is 0.940. The number of carbonyl (C=O) groups is 1. The third kappa shape index (κ3) is 3.38. The van der Waals surface area contributed by atoms with E-state index in [2.05, 4.69) is 26.2 Å². The van der Waals surface area contributed by atoms with Gasteiger partial charge in [-0.2, -0.15) is 0 Å². The van der Waals surface area contributed by atoms with Crippen LogP contribution in [0.25, 0.3) is 0 Å². The van der Waals surface area contributed by atoms with Gasteiger partial charge >= 0.3 is 0 Å². The van der Waals surface area contributed by atoms with Gasteiger partial charge in [0.05, 0.1) is 11.6 Å². The van der Waals surface area contributed by atoms with Crippen molar-refractivity contribution >= 4 is 21.8 Å². The average Bonchev–Trinajstić information content (AvgIpc) is 2.39. The normalized spacial score (nSPS) is 11.9. The molecule has 1 amide bonds. The van der Waals surface area contributed by atoms with Crippen molar-refractivity contribution in [3.05, 3.63) is 64.1 Å². The van der Waals surface area contributed by atoms with Gasteiger partial charge in [0.25, 0.3) is 5.91 Å². The van der Waals surface area contributed by atoms with E-state index < -0.39 is 0 Å². The van der Waals surface area contributed by atoms with E-state index in [0.29, 0.717) is 10.0 Å². The second-order valence-electron chi connectivity index (χ2n) is 4.10. The lowest BCUT2D eigenvalue weighted by Gasteiger charge is -2.14. The summed E-state index contributed by atoms with van der Waals surface area (Å²) in [4.78, 5) is 16.0. The fourth-order valence-electron chi connectivity index (χ4n) is 1.68. The summed E-state index contributed by atoms with van der Waals surface area (Å²) >= 11 is 3.18. The minimum absolute atomic E-state index is 0.146. The molecule has 0 aliphatic heterocycles. The van der Waals surface area contributed by atoms with Gasteiger partial charge in [-0.25, -0.2) is 4.39 Å². The van der Waals surface area contributed by atoms with Gasteiger partial charge in [-0.05, 0) is 58.7 Å². The lowest BCUT2D eigenvalue weighted by molar-refractivity contribution is 0.0939. The minimum atomic E-state index is -0.384. The van der Waals surface area contributed by atoms with Crippen molar-refractivity contribution in [1.82, 2.24) is 10.3 Å². The summed E-state index contributed by atoms with van der Waals surface area (Å²) in [5, 5.41) is 2.85. The fraction of sp³-hybridized carbons (Fsp3) is 0.143. The van der Waals surface area contributed by atoms with Gasteiger partial charge < -0.3 is 5.32 Å². The Hall–Kier alpha value is -1.75. The number of aromatic nitrogens is 1. The van der Waals surface area contributed by atoms with E-state index in [-0.39, 0.29) is 17.8 Å². The maximum Gasteiger partial charge on any atom is 0.252 e. The summed E-state index contributed by atoms with van der Waals surface area (Å²) in [6.07, 6.45) is 3.34. The van der Waals surface area contributed by atoms with Crippen molar-refractivity contribution in [1.29, 1.82) is 0 Å². The van der Waals surface area contributed by atoms with Crippen molar-refractivity contribution in [3.63, 3.8) is 0 Å². The SMILES string of the molecule is C[C@@H](NC(=O)c1ccc(F)cc1Br)c1ccncc1. The Morgan fingerprint density at radius 2 is 2.00 bits per heavy atom. The first-order valence-corrected chi connectivity index (χ1v) is 6.53. The number of nitrogens with one attached hydrogen (secondary N) is 1. The van der Waals surface area contributed by atoms with E-state index in [9.17, 15) is 9.18 Å². The van der Waals surface area contributed by atoms with E-state index in [0.717, 1.165) is 5.56 Å². The Bertz CT molecular complexity index is 589. The van der Waals surface area contributed by atoms with E-state index in [4.69, 9.17) is 0 Å². The Kier molecular flexibility index (Phi) is 4.27. The molecule has 0 radical (unpaired) electrons. The van der Waals surface area contributed by atoms with Crippen LogP contribution in [0, 0.1) is 5.82 Å². The van der Waals surface area contributed by atoms with Gasteiger partial charge in [0.15, 0.2) is 0 Å². The first-order chi connectivity index (χ1) is 9.08. The molecule has 0 spiro atoms. The van der Waals surface area contributed by atoms with Crippen molar-refractivity contribution in [3.8, 4) is 0 Å². The Morgan fingerprint density at radius 3 is 2.63 bits per heavy atom. The zero-order chi connectivity index (χ0) is 13.8. The molecule has 19 heavy (non-hydrogen) atoms. The van der Waals surface area contributed by atoms with Crippen LogP contribution < -0.4 is 5.32 Å². The van der Waals surface area contributed by atoms with Crippen LogP contribution in [0.4, 0.5) is 4.39 Å². The number of benzene rings is 1. The third-order valence-electron chi connectivity index (χ3n) is 2.73. The van der Waals surface area contributed by atoms with Crippen LogP contribution in [0.2, 0.25) is 0 Å². The van der Waals surface area contributed by atoms with Crippen LogP contribution in [0.1, 0.15) is 28.9 Å². The highest BCUT2D eigenvalue weighted by molar-refractivity contribution is 9.10. The summed E-state index contributed by atoms with van der Waals surface area (Å²) in [6.45, 7) is 1.88. The molecule has 1 atom stereocenters. The predicted octanol–water partition coefficient (Wildman–Crippen LogP) is 3.47. The van der Waals surface area contributed by atoms with E-state index in [1.165, 1.54) is 18.2 Å². The molecule has 0 aliphatic rings. The molecule has 1 heterocycles. The van der Waals surface area contributed by atoms with Crippen LogP contribution >= 0.6 is 15.9 Å². The molecule has 1 N–H and O–H groups in total. The molecule has 0 aliphatic carbocycles. The first-order valence-electron chi connectivity index (χ1n) is 5.74. The van der Waals surface area contributed by atoms with E-state index in [1.54, 1.807) is 12.4 Å². The standard InChI is InChI=1S/C14H12BrFN2O/c1-9(10-4-6-17-7-5-10)18-14(19)12-3-2-11(16)8-13(12)15/h2-9H,1H3,(H,18,19)/t9-/m1/s1. The van der Waals surface area contributed by atoms with Crippen LogP contribution in [-0.2, 0) is 0 Å². The molecule has 98 valence electrons. The summed E-state index contributed by atoms with van der Waals surface area (Å²) in [5.74, 6) is -0.637. The molecular weight excluding hydrogens is 311 g/mol. The van der Waals surface area contributed by atoms with Gasteiger partial charge in [-0.1, -0.05) is 0 Å². The lowest BCUT2D eigenvalue weighted by Crippen LogP contribution is -2.27. The molecule has 0 fully saturated rings. The number of hydrogen-bond donors (Lipinski definition) is 1. The molecule has 1 aromatic heterocycles. The smallest absolute Gasteiger partial charge is 0.252 e. The number of nitrogens with zero attached hydrogens (tertiary/aromatic N) is 1. The highest BCUT2D eigenvalue weighted by Crippen LogP contribution is 2.19. The molecule has 0 saturated carbocycles. The van der Waals surface area contributed by atoms with Crippen LogP contribution in [0.15, 0.2) is 47.2 Å². The largest absolute Gasteiger partial charge is 0.345 e. The maximum atomic E-state index is 13.0. The van der Waals surface area contributed by atoms with Gasteiger partial charge in [0.1, 0.15) is 5.82 Å². The monoisotopic (exact) mass is 322 g/mol. The number of pyridine rings is 1. The second kappa shape index (κ2) is 5.93. The maximum absolute atomic E-state index is 13.0. The van der Waals surface area contributed by atoms with Gasteiger partial charge in [-0.3, -0.25) is 9.78 Å². The zero-order valence-electron chi connectivity index (χ0n) is 10.2. The number of carbonyl (C=O) groups excluding carboxylic acids is 1. The zero-order valence-corrected chi connectivity index (χ0v) is 11.8. The van der Waals surface area contributed by atoms with E-state index >= 15 is 0 Å². The summed E-state index contributed by atoms with van der Waals surface area (Å²) in [6, 6.07) is 7.51. The molecule has 0 bridgehead atoms. The van der Waals surface area contributed by atoms with Crippen molar-refractivity contribution in [2.75, 3.05) is 0 Å². The number of hydrogen-bond acceptors (Lipinski definition) is 2. The molecule has 0 unspecified atom stereocenters. The molecule has 2 aromatic rings. The molecule has 3 nitrogen and oxygen atoms in total. The molecule has 0 saturated heterocycles. The minimum Gasteiger partial charge on any atom is -0.345 e. The van der Waals surface area contributed by atoms with Gasteiger partial charge in [-0.15, -0.1) is 0 Å². The third-order valence-corrected chi connectivity index (χ3v) is 3.39. The van der Waals surface area contributed by atoms with Crippen molar-refractivity contribution < 1.29 is 9.18 Å². The fourth-order valence-corrected chi connectivity index (χ4v) is 2.21. The molecular formula is C14H12BrFN2O.